The number of hydrogen-bond acceptors (Lipinski definition) is 20. The maximum atomic E-state index is 12.3. The summed E-state index contributed by atoms with van der Waals surface area (Å²) in [6.07, 6.45) is -14.5. The van der Waals surface area contributed by atoms with Crippen LogP contribution in [0.1, 0.15) is 55.4 Å². The first-order valence-corrected chi connectivity index (χ1v) is 18.8. The van der Waals surface area contributed by atoms with Crippen LogP contribution < -0.4 is 9.47 Å². The van der Waals surface area contributed by atoms with Crippen LogP contribution in [0.4, 0.5) is 0 Å². The van der Waals surface area contributed by atoms with Gasteiger partial charge in [0.2, 0.25) is 24.8 Å². The van der Waals surface area contributed by atoms with Gasteiger partial charge in [-0.2, -0.15) is 0 Å². The maximum absolute atomic E-state index is 12.3. The highest BCUT2D eigenvalue weighted by molar-refractivity contribution is 14.1. The molecule has 2 aliphatic rings. The zero-order valence-corrected chi connectivity index (χ0v) is 35.6. The molecule has 0 amide bonds. The second kappa shape index (κ2) is 20.9. The molecule has 0 saturated carbocycles. The molecule has 1 aromatic carbocycles. The molecular weight excluding hydrogens is 982 g/mol. The van der Waals surface area contributed by atoms with Gasteiger partial charge < -0.3 is 56.8 Å². The third-order valence-corrected chi connectivity index (χ3v) is 9.06. The smallest absolute Gasteiger partial charge is 0.303 e. The Labute approximate surface area is 347 Å². The number of rotatable bonds is 14. The molecule has 0 spiro atoms. The van der Waals surface area contributed by atoms with Crippen molar-refractivity contribution < 1.29 is 95.2 Å². The lowest BCUT2D eigenvalue weighted by Gasteiger charge is -2.44. The van der Waals surface area contributed by atoms with Crippen molar-refractivity contribution in [3.63, 3.8) is 0 Å². The average Bonchev–Trinajstić information content (AvgIpc) is 3.05. The van der Waals surface area contributed by atoms with Crippen LogP contribution >= 0.6 is 45.2 Å². The fourth-order valence-electron chi connectivity index (χ4n) is 5.51. The first-order chi connectivity index (χ1) is 26.2. The Kier molecular flexibility index (Phi) is 17.3. The number of carbonyl (C=O) groups is 8. The molecule has 0 aliphatic carbocycles. The lowest BCUT2D eigenvalue weighted by atomic mass is 9.98. The van der Waals surface area contributed by atoms with Gasteiger partial charge in [0, 0.05) is 55.4 Å². The van der Waals surface area contributed by atoms with Gasteiger partial charge >= 0.3 is 47.8 Å². The third-order valence-electron chi connectivity index (χ3n) is 7.37. The van der Waals surface area contributed by atoms with E-state index in [1.54, 1.807) is 0 Å². The molecule has 20 nitrogen and oxygen atoms in total. The van der Waals surface area contributed by atoms with Crippen molar-refractivity contribution in [3.05, 3.63) is 19.3 Å². The summed E-state index contributed by atoms with van der Waals surface area (Å²) < 4.78 is 68.0. The monoisotopic (exact) mass is 1020 g/mol. The number of carbonyl (C=O) groups excluding carboxylic acids is 8. The van der Waals surface area contributed by atoms with Gasteiger partial charge in [-0.05, 0) is 57.3 Å². The van der Waals surface area contributed by atoms with Crippen molar-refractivity contribution in [1.29, 1.82) is 0 Å². The highest BCUT2D eigenvalue weighted by Crippen LogP contribution is 2.38. The largest absolute Gasteiger partial charge is 0.463 e. The van der Waals surface area contributed by atoms with E-state index in [1.807, 2.05) is 45.2 Å². The van der Waals surface area contributed by atoms with Crippen LogP contribution in [0.3, 0.4) is 0 Å². The van der Waals surface area contributed by atoms with Crippen molar-refractivity contribution in [1.82, 2.24) is 0 Å². The molecule has 310 valence electrons. The van der Waals surface area contributed by atoms with E-state index in [2.05, 4.69) is 0 Å². The number of benzene rings is 1. The SMILES string of the molecule is CC(=O)OC[C@H]1O[C@@H](Oc2cc(I)c(O[C@@H]3O[C@H](COC(C)=O)[C@@H](OC(C)=O)[C@H](OC(C)=O)[C@H]3OC(C)=O)cc2I)[C@H](OC(C)=O)[C@@H](OC(C)=O)[C@@H]1OC(C)=O. The van der Waals surface area contributed by atoms with Gasteiger partial charge in [-0.3, -0.25) is 38.4 Å². The lowest BCUT2D eigenvalue weighted by molar-refractivity contribution is -0.289. The number of esters is 8. The second-order valence-corrected chi connectivity index (χ2v) is 14.4. The van der Waals surface area contributed by atoms with E-state index in [9.17, 15) is 38.4 Å². The minimum Gasteiger partial charge on any atom is -0.463 e. The highest BCUT2D eigenvalue weighted by Gasteiger charge is 2.55. The summed E-state index contributed by atoms with van der Waals surface area (Å²) in [6, 6.07) is 2.94. The van der Waals surface area contributed by atoms with Crippen molar-refractivity contribution in [3.8, 4) is 11.5 Å². The van der Waals surface area contributed by atoms with Gasteiger partial charge in [0.15, 0.2) is 24.4 Å². The Morgan fingerprint density at radius 3 is 0.982 bits per heavy atom. The highest BCUT2D eigenvalue weighted by atomic mass is 127. The fourth-order valence-corrected chi connectivity index (χ4v) is 6.64. The summed E-state index contributed by atoms with van der Waals surface area (Å²) in [5.74, 6) is -6.13. The van der Waals surface area contributed by atoms with Crippen LogP contribution in [0, 0.1) is 7.14 Å². The van der Waals surface area contributed by atoms with Crippen LogP contribution in [-0.2, 0) is 85.7 Å². The molecule has 0 aromatic heterocycles. The summed E-state index contributed by atoms with van der Waals surface area (Å²) in [5, 5.41) is 0. The van der Waals surface area contributed by atoms with Crippen LogP contribution in [0.5, 0.6) is 11.5 Å². The second-order valence-electron chi connectivity index (χ2n) is 12.1. The molecule has 2 fully saturated rings. The van der Waals surface area contributed by atoms with E-state index in [4.69, 9.17) is 56.8 Å². The number of ether oxygens (including phenoxy) is 12. The molecule has 22 heteroatoms. The predicted molar refractivity (Wildman–Crippen MR) is 197 cm³/mol. The number of halogens is 2. The van der Waals surface area contributed by atoms with E-state index in [1.165, 1.54) is 12.1 Å². The molecule has 3 rings (SSSR count). The summed E-state index contributed by atoms with van der Waals surface area (Å²) in [5.41, 5.74) is 0. The normalized spacial score (nSPS) is 27.0. The Balaban J connectivity index is 2.05. The quantitative estimate of drug-likeness (QED) is 0.146. The number of hydrogen-bond donors (Lipinski definition) is 0. The van der Waals surface area contributed by atoms with Crippen LogP contribution in [0.2, 0.25) is 0 Å². The van der Waals surface area contributed by atoms with Crippen molar-refractivity contribution in [2.75, 3.05) is 13.2 Å². The first-order valence-electron chi connectivity index (χ1n) is 16.6. The third kappa shape index (κ3) is 13.6. The Morgan fingerprint density at radius 2 is 0.714 bits per heavy atom. The molecule has 2 saturated heterocycles. The Hall–Kier alpha value is -4.04. The molecule has 1 aromatic rings. The van der Waals surface area contributed by atoms with Crippen LogP contribution in [-0.4, -0.2) is 122 Å². The topological polar surface area (TPSA) is 247 Å². The summed E-state index contributed by atoms with van der Waals surface area (Å²) in [4.78, 5) is 96.6. The Morgan fingerprint density at radius 1 is 0.446 bits per heavy atom. The molecule has 2 aliphatic heterocycles. The van der Waals surface area contributed by atoms with Gasteiger partial charge in [-0.15, -0.1) is 0 Å². The fraction of sp³-hybridized carbons (Fsp3) is 0.588. The molecule has 0 bridgehead atoms. The minimum absolute atomic E-state index is 0.102. The Bertz CT molecular complexity index is 1550. The molecule has 0 radical (unpaired) electrons. The summed E-state index contributed by atoms with van der Waals surface area (Å²) in [7, 11) is 0. The van der Waals surface area contributed by atoms with Gasteiger partial charge in [-0.1, -0.05) is 0 Å². The average molecular weight is 1020 g/mol. The van der Waals surface area contributed by atoms with Crippen LogP contribution in [0.25, 0.3) is 0 Å². The van der Waals surface area contributed by atoms with E-state index >= 15 is 0 Å². The van der Waals surface area contributed by atoms with E-state index in [-0.39, 0.29) is 11.5 Å². The zero-order chi connectivity index (χ0) is 42.0. The molecule has 0 N–H and O–H groups in total. The standard InChI is InChI=1S/C34H40I2O20/c1-13(37)45-11-25-27(47-15(3)39)29(49-17(5)41)31(51-19(7)43)33(55-25)53-23-9-22(36)24(10-21(23)35)54-34-32(52-20(8)44)30(50-18(6)42)28(48-16(4)40)26(56-34)12-46-14(2)38/h9-10,25-34H,11-12H2,1-8H3/t25-,26-,27-,28-,29+,30+,31-,32-,33-,34-/m1/s1. The van der Waals surface area contributed by atoms with Crippen molar-refractivity contribution >= 4 is 92.9 Å². The minimum atomic E-state index is -1.55. The first kappa shape index (κ1) is 46.3. The molecule has 56 heavy (non-hydrogen) atoms. The van der Waals surface area contributed by atoms with E-state index in [0.29, 0.717) is 7.14 Å². The molecule has 10 atom stereocenters. The zero-order valence-electron chi connectivity index (χ0n) is 31.3. The summed E-state index contributed by atoms with van der Waals surface area (Å²) >= 11 is 3.76. The lowest BCUT2D eigenvalue weighted by Crippen LogP contribution is -2.63. The van der Waals surface area contributed by atoms with Crippen LogP contribution in [0.15, 0.2) is 12.1 Å². The molecule has 0 unspecified atom stereocenters. The molecule has 2 heterocycles. The van der Waals surface area contributed by atoms with Gasteiger partial charge in [0.25, 0.3) is 0 Å². The maximum Gasteiger partial charge on any atom is 0.303 e. The van der Waals surface area contributed by atoms with Gasteiger partial charge in [-0.25, -0.2) is 0 Å². The van der Waals surface area contributed by atoms with E-state index in [0.717, 1.165) is 55.4 Å². The van der Waals surface area contributed by atoms with Crippen molar-refractivity contribution in [2.24, 2.45) is 0 Å². The predicted octanol–water partition coefficient (Wildman–Crippen LogP) is 1.82. The van der Waals surface area contributed by atoms with Gasteiger partial charge in [0.1, 0.15) is 36.9 Å². The van der Waals surface area contributed by atoms with Crippen molar-refractivity contribution in [2.45, 2.75) is 117 Å². The summed E-state index contributed by atoms with van der Waals surface area (Å²) in [6.45, 7) is 7.83. The van der Waals surface area contributed by atoms with Gasteiger partial charge in [0.05, 0.1) is 7.14 Å². The van der Waals surface area contributed by atoms with E-state index < -0.39 is 122 Å². The molecular formula is C34H40I2O20.